The van der Waals surface area contributed by atoms with Gasteiger partial charge in [0.15, 0.2) is 0 Å². The van der Waals surface area contributed by atoms with Crippen molar-refractivity contribution in [3.8, 4) is 5.75 Å². The predicted molar refractivity (Wildman–Crippen MR) is 84.0 cm³/mol. The first kappa shape index (κ1) is 15.7. The highest BCUT2D eigenvalue weighted by molar-refractivity contribution is 5.37. The van der Waals surface area contributed by atoms with Gasteiger partial charge in [-0.15, -0.1) is 6.58 Å². The number of non-ortho nitro benzene ring substituents is 1. The number of rotatable bonds is 6. The number of methoxy groups -OCH3 is 1. The molecule has 0 aliphatic carbocycles. The molecule has 5 heteroatoms. The number of nitro benzene ring substituents is 1. The SMILES string of the molecule is C=CC(c1ccc(OC)cc1)C(O)c1ccc([N+](=O)[O-])cc1. The van der Waals surface area contributed by atoms with E-state index in [1.54, 1.807) is 25.3 Å². The van der Waals surface area contributed by atoms with Gasteiger partial charge in [0.25, 0.3) is 5.69 Å². The maximum Gasteiger partial charge on any atom is 0.269 e. The van der Waals surface area contributed by atoms with Crippen molar-refractivity contribution in [2.45, 2.75) is 12.0 Å². The van der Waals surface area contributed by atoms with Crippen LogP contribution in [0.2, 0.25) is 0 Å². The minimum atomic E-state index is -0.827. The van der Waals surface area contributed by atoms with Crippen LogP contribution in [0, 0.1) is 10.1 Å². The van der Waals surface area contributed by atoms with Crippen LogP contribution in [0.25, 0.3) is 0 Å². The molecule has 0 bridgehead atoms. The molecule has 0 fully saturated rings. The molecule has 2 atom stereocenters. The summed E-state index contributed by atoms with van der Waals surface area (Å²) in [5.74, 6) is 0.420. The Balaban J connectivity index is 2.25. The zero-order chi connectivity index (χ0) is 16.1. The van der Waals surface area contributed by atoms with Crippen LogP contribution in [0.1, 0.15) is 23.1 Å². The van der Waals surface area contributed by atoms with Crippen molar-refractivity contribution in [3.63, 3.8) is 0 Å². The molecule has 114 valence electrons. The van der Waals surface area contributed by atoms with Gasteiger partial charge in [-0.3, -0.25) is 10.1 Å². The standard InChI is InChI=1S/C17H17NO4/c1-3-16(12-6-10-15(22-2)11-7-12)17(19)13-4-8-14(9-5-13)18(20)21/h3-11,16-17,19H,1H2,2H3. The second-order valence-electron chi connectivity index (χ2n) is 4.83. The summed E-state index contributed by atoms with van der Waals surface area (Å²) in [6, 6.07) is 13.2. The third kappa shape index (κ3) is 3.32. The van der Waals surface area contributed by atoms with Gasteiger partial charge >= 0.3 is 0 Å². The van der Waals surface area contributed by atoms with Crippen LogP contribution in [0.4, 0.5) is 5.69 Å². The number of benzene rings is 2. The number of nitro groups is 1. The van der Waals surface area contributed by atoms with Gasteiger partial charge in [0, 0.05) is 18.1 Å². The van der Waals surface area contributed by atoms with Crippen molar-refractivity contribution in [1.82, 2.24) is 0 Å². The molecule has 0 amide bonds. The van der Waals surface area contributed by atoms with E-state index in [4.69, 9.17) is 4.74 Å². The second kappa shape index (κ2) is 6.87. The zero-order valence-corrected chi connectivity index (χ0v) is 12.2. The third-order valence-corrected chi connectivity index (χ3v) is 3.54. The first-order valence-corrected chi connectivity index (χ1v) is 6.75. The molecule has 2 unspecified atom stereocenters. The maximum absolute atomic E-state index is 10.7. The summed E-state index contributed by atoms with van der Waals surface area (Å²) < 4.78 is 5.11. The van der Waals surface area contributed by atoms with Gasteiger partial charge in [-0.2, -0.15) is 0 Å². The Morgan fingerprint density at radius 1 is 1.14 bits per heavy atom. The molecule has 2 rings (SSSR count). The smallest absolute Gasteiger partial charge is 0.269 e. The number of aliphatic hydroxyl groups excluding tert-OH is 1. The van der Waals surface area contributed by atoms with Crippen molar-refractivity contribution < 1.29 is 14.8 Å². The Morgan fingerprint density at radius 3 is 2.14 bits per heavy atom. The van der Waals surface area contributed by atoms with Crippen LogP contribution >= 0.6 is 0 Å². The van der Waals surface area contributed by atoms with E-state index >= 15 is 0 Å². The Morgan fingerprint density at radius 2 is 1.68 bits per heavy atom. The number of nitrogens with zero attached hydrogens (tertiary/aromatic N) is 1. The quantitative estimate of drug-likeness (QED) is 0.502. The van der Waals surface area contributed by atoms with Gasteiger partial charge < -0.3 is 9.84 Å². The molecule has 0 aromatic heterocycles. The van der Waals surface area contributed by atoms with E-state index in [0.29, 0.717) is 5.56 Å². The third-order valence-electron chi connectivity index (χ3n) is 3.54. The molecule has 22 heavy (non-hydrogen) atoms. The lowest BCUT2D eigenvalue weighted by Crippen LogP contribution is -2.08. The molecule has 0 radical (unpaired) electrons. The van der Waals surface area contributed by atoms with E-state index in [1.165, 1.54) is 12.1 Å². The topological polar surface area (TPSA) is 72.6 Å². The molecular weight excluding hydrogens is 282 g/mol. The van der Waals surface area contributed by atoms with Crippen LogP contribution < -0.4 is 4.74 Å². The fraction of sp³-hybridized carbons (Fsp3) is 0.176. The van der Waals surface area contributed by atoms with E-state index in [9.17, 15) is 15.2 Å². The summed E-state index contributed by atoms with van der Waals surface area (Å²) in [5.41, 5.74) is 1.49. The van der Waals surface area contributed by atoms with Crippen molar-refractivity contribution in [3.05, 3.63) is 82.4 Å². The average Bonchev–Trinajstić information content (AvgIpc) is 2.56. The lowest BCUT2D eigenvalue weighted by atomic mass is 9.89. The van der Waals surface area contributed by atoms with Crippen molar-refractivity contribution in [1.29, 1.82) is 0 Å². The van der Waals surface area contributed by atoms with E-state index < -0.39 is 11.0 Å². The number of ether oxygens (including phenoxy) is 1. The molecule has 0 saturated heterocycles. The molecule has 0 saturated carbocycles. The van der Waals surface area contributed by atoms with E-state index in [0.717, 1.165) is 11.3 Å². The highest BCUT2D eigenvalue weighted by Gasteiger charge is 2.20. The fourth-order valence-electron chi connectivity index (χ4n) is 2.27. The number of aliphatic hydroxyl groups is 1. The zero-order valence-electron chi connectivity index (χ0n) is 12.2. The van der Waals surface area contributed by atoms with Gasteiger partial charge in [0.05, 0.1) is 18.1 Å². The minimum Gasteiger partial charge on any atom is -0.497 e. The molecular formula is C17H17NO4. The normalized spacial score (nSPS) is 13.2. The molecule has 0 spiro atoms. The number of hydrogen-bond donors (Lipinski definition) is 1. The van der Waals surface area contributed by atoms with E-state index in [-0.39, 0.29) is 11.6 Å². The Kier molecular flexibility index (Phi) is 4.91. The maximum atomic E-state index is 10.7. The largest absolute Gasteiger partial charge is 0.497 e. The predicted octanol–water partition coefficient (Wildman–Crippen LogP) is 3.61. The molecule has 0 heterocycles. The van der Waals surface area contributed by atoms with Gasteiger partial charge in [-0.1, -0.05) is 18.2 Å². The molecule has 2 aromatic rings. The summed E-state index contributed by atoms with van der Waals surface area (Å²) in [6.07, 6.45) is 0.833. The minimum absolute atomic E-state index is 0.00412. The molecule has 0 aliphatic heterocycles. The monoisotopic (exact) mass is 299 g/mol. The summed E-state index contributed by atoms with van der Waals surface area (Å²) in [7, 11) is 1.59. The molecule has 5 nitrogen and oxygen atoms in total. The van der Waals surface area contributed by atoms with Crippen molar-refractivity contribution in [2.24, 2.45) is 0 Å². The second-order valence-corrected chi connectivity index (χ2v) is 4.83. The van der Waals surface area contributed by atoms with Crippen LogP contribution in [0.15, 0.2) is 61.2 Å². The van der Waals surface area contributed by atoms with Gasteiger partial charge in [-0.05, 0) is 35.4 Å². The van der Waals surface area contributed by atoms with Crippen LogP contribution in [-0.4, -0.2) is 17.1 Å². The van der Waals surface area contributed by atoms with E-state index in [2.05, 4.69) is 6.58 Å². The van der Waals surface area contributed by atoms with Crippen molar-refractivity contribution in [2.75, 3.05) is 7.11 Å². The highest BCUT2D eigenvalue weighted by Crippen LogP contribution is 2.33. The van der Waals surface area contributed by atoms with E-state index in [1.807, 2.05) is 24.3 Å². The fourth-order valence-corrected chi connectivity index (χ4v) is 2.27. The lowest BCUT2D eigenvalue weighted by molar-refractivity contribution is -0.384. The first-order valence-electron chi connectivity index (χ1n) is 6.75. The molecule has 0 aliphatic rings. The molecule has 1 N–H and O–H groups in total. The van der Waals surface area contributed by atoms with Gasteiger partial charge in [-0.25, -0.2) is 0 Å². The molecule has 2 aromatic carbocycles. The summed E-state index contributed by atoms with van der Waals surface area (Å²) in [6.45, 7) is 3.77. The summed E-state index contributed by atoms with van der Waals surface area (Å²) in [5, 5.41) is 21.2. The average molecular weight is 299 g/mol. The first-order chi connectivity index (χ1) is 10.6. The lowest BCUT2D eigenvalue weighted by Gasteiger charge is -2.20. The summed E-state index contributed by atoms with van der Waals surface area (Å²) in [4.78, 5) is 10.2. The Bertz CT molecular complexity index is 649. The Hall–Kier alpha value is -2.66. The van der Waals surface area contributed by atoms with Gasteiger partial charge in [0.1, 0.15) is 5.75 Å². The van der Waals surface area contributed by atoms with Gasteiger partial charge in [0.2, 0.25) is 0 Å². The van der Waals surface area contributed by atoms with Crippen molar-refractivity contribution >= 4 is 5.69 Å². The van der Waals surface area contributed by atoms with Crippen LogP contribution in [0.5, 0.6) is 5.75 Å². The highest BCUT2D eigenvalue weighted by atomic mass is 16.6. The Labute approximate surface area is 128 Å². The van der Waals surface area contributed by atoms with Crippen LogP contribution in [-0.2, 0) is 0 Å². The summed E-state index contributed by atoms with van der Waals surface area (Å²) >= 11 is 0. The number of hydrogen-bond acceptors (Lipinski definition) is 4. The van der Waals surface area contributed by atoms with Crippen LogP contribution in [0.3, 0.4) is 0 Å².